The van der Waals surface area contributed by atoms with Crippen molar-refractivity contribution in [1.29, 1.82) is 0 Å². The molecule has 0 saturated carbocycles. The van der Waals surface area contributed by atoms with Gasteiger partial charge in [0.2, 0.25) is 11.8 Å². The summed E-state index contributed by atoms with van der Waals surface area (Å²) in [6, 6.07) is 0.223. The first-order valence-electron chi connectivity index (χ1n) is 6.98. The minimum absolute atomic E-state index is 0.00130. The number of amides is 2. The van der Waals surface area contributed by atoms with E-state index in [-0.39, 0.29) is 36.4 Å². The second-order valence-electron chi connectivity index (χ2n) is 5.48. The predicted molar refractivity (Wildman–Crippen MR) is 71.0 cm³/mol. The molecule has 3 N–H and O–H groups in total. The van der Waals surface area contributed by atoms with Crippen LogP contribution >= 0.6 is 0 Å². The van der Waals surface area contributed by atoms with Crippen LogP contribution < -0.4 is 10.6 Å². The van der Waals surface area contributed by atoms with Gasteiger partial charge in [-0.1, -0.05) is 0 Å². The van der Waals surface area contributed by atoms with Crippen molar-refractivity contribution >= 4 is 17.8 Å². The molecule has 0 aliphatic carbocycles. The van der Waals surface area contributed by atoms with Gasteiger partial charge in [0.25, 0.3) is 0 Å². The van der Waals surface area contributed by atoms with Crippen molar-refractivity contribution in [3.05, 3.63) is 0 Å². The average Bonchev–Trinajstić information content (AvgIpc) is 2.91. The Hall–Kier alpha value is -1.63. The Balaban J connectivity index is 1.75. The van der Waals surface area contributed by atoms with Crippen molar-refractivity contribution in [2.24, 2.45) is 5.92 Å². The third kappa shape index (κ3) is 3.27. The number of hydrogen-bond donors (Lipinski definition) is 3. The van der Waals surface area contributed by atoms with Gasteiger partial charge in [-0.15, -0.1) is 0 Å². The van der Waals surface area contributed by atoms with Gasteiger partial charge >= 0.3 is 5.97 Å². The summed E-state index contributed by atoms with van der Waals surface area (Å²) in [5, 5.41) is 14.5. The Labute approximate surface area is 117 Å². The molecular weight excluding hydrogens is 262 g/mol. The summed E-state index contributed by atoms with van der Waals surface area (Å²) in [5.41, 5.74) is 0. The van der Waals surface area contributed by atoms with E-state index in [0.717, 1.165) is 12.8 Å². The van der Waals surface area contributed by atoms with E-state index >= 15 is 0 Å². The molecule has 0 aromatic rings. The van der Waals surface area contributed by atoms with Gasteiger partial charge in [0.05, 0.1) is 12.5 Å². The highest BCUT2D eigenvalue weighted by Crippen LogP contribution is 2.41. The number of carbonyl (C=O) groups is 3. The molecule has 0 spiro atoms. The van der Waals surface area contributed by atoms with Gasteiger partial charge in [-0.25, -0.2) is 0 Å². The van der Waals surface area contributed by atoms with Crippen LogP contribution in [0, 0.1) is 5.92 Å². The molecule has 2 amide bonds. The Morgan fingerprint density at radius 1 is 1.20 bits per heavy atom. The molecule has 3 atom stereocenters. The summed E-state index contributed by atoms with van der Waals surface area (Å²) in [6.07, 6.45) is 2.49. The molecule has 0 aromatic heterocycles. The maximum Gasteiger partial charge on any atom is 0.308 e. The van der Waals surface area contributed by atoms with E-state index in [4.69, 9.17) is 5.11 Å². The molecule has 112 valence electrons. The normalized spacial score (nSPS) is 28.4. The number of aliphatic carboxylic acids is 1. The van der Waals surface area contributed by atoms with Gasteiger partial charge in [0.15, 0.2) is 0 Å². The third-order valence-corrected chi connectivity index (χ3v) is 4.15. The molecular formula is C13H21N3O4. The van der Waals surface area contributed by atoms with Gasteiger partial charge in [-0.3, -0.25) is 19.3 Å². The topological polar surface area (TPSA) is 98.7 Å². The van der Waals surface area contributed by atoms with Gasteiger partial charge < -0.3 is 15.7 Å². The Morgan fingerprint density at radius 2 is 1.90 bits per heavy atom. The van der Waals surface area contributed by atoms with E-state index in [9.17, 15) is 14.4 Å². The number of rotatable bonds is 6. The van der Waals surface area contributed by atoms with Crippen LogP contribution in [0.4, 0.5) is 0 Å². The van der Waals surface area contributed by atoms with Crippen LogP contribution in [0.1, 0.15) is 26.2 Å². The molecule has 2 saturated heterocycles. The lowest BCUT2D eigenvalue weighted by molar-refractivity contribution is -0.143. The molecule has 2 bridgehead atoms. The summed E-state index contributed by atoms with van der Waals surface area (Å²) in [4.78, 5) is 35.7. The fourth-order valence-corrected chi connectivity index (χ4v) is 3.28. The number of carbonyl (C=O) groups excluding carboxylic acids is 2. The molecule has 3 unspecified atom stereocenters. The highest BCUT2D eigenvalue weighted by atomic mass is 16.4. The first kappa shape index (κ1) is 14.8. The van der Waals surface area contributed by atoms with Gasteiger partial charge in [0.1, 0.15) is 0 Å². The first-order valence-corrected chi connectivity index (χ1v) is 6.98. The van der Waals surface area contributed by atoms with Crippen molar-refractivity contribution in [3.63, 3.8) is 0 Å². The number of hydrogen-bond acceptors (Lipinski definition) is 4. The maximum atomic E-state index is 11.8. The lowest BCUT2D eigenvalue weighted by Crippen LogP contribution is -2.43. The molecule has 7 nitrogen and oxygen atoms in total. The van der Waals surface area contributed by atoms with Crippen LogP contribution in [-0.2, 0) is 14.4 Å². The molecule has 7 heteroatoms. The van der Waals surface area contributed by atoms with Gasteiger partial charge in [0, 0.05) is 32.1 Å². The zero-order valence-electron chi connectivity index (χ0n) is 11.6. The fourth-order valence-electron chi connectivity index (χ4n) is 3.28. The molecule has 2 heterocycles. The molecule has 2 fully saturated rings. The minimum Gasteiger partial charge on any atom is -0.481 e. The van der Waals surface area contributed by atoms with Crippen molar-refractivity contribution < 1.29 is 19.5 Å². The zero-order chi connectivity index (χ0) is 14.7. The molecule has 20 heavy (non-hydrogen) atoms. The smallest absolute Gasteiger partial charge is 0.308 e. The van der Waals surface area contributed by atoms with E-state index in [2.05, 4.69) is 10.6 Å². The molecule has 0 radical (unpaired) electrons. The maximum absolute atomic E-state index is 11.8. The number of carboxylic acid groups (broad SMARTS) is 1. The molecule has 2 rings (SSSR count). The van der Waals surface area contributed by atoms with Gasteiger partial charge in [-0.05, 0) is 19.3 Å². The van der Waals surface area contributed by atoms with Crippen LogP contribution in [0.15, 0.2) is 0 Å². The van der Waals surface area contributed by atoms with E-state index in [1.807, 2.05) is 4.90 Å². The average molecular weight is 283 g/mol. The highest BCUT2D eigenvalue weighted by molar-refractivity contribution is 5.79. The Bertz CT molecular complexity index is 412. The van der Waals surface area contributed by atoms with Crippen LogP contribution in [-0.4, -0.2) is 59.5 Å². The van der Waals surface area contributed by atoms with Crippen LogP contribution in [0.25, 0.3) is 0 Å². The third-order valence-electron chi connectivity index (χ3n) is 4.15. The lowest BCUT2D eigenvalue weighted by atomic mass is 9.89. The fraction of sp³-hybridized carbons (Fsp3) is 0.769. The summed E-state index contributed by atoms with van der Waals surface area (Å²) < 4.78 is 0. The van der Waals surface area contributed by atoms with Crippen molar-refractivity contribution in [3.8, 4) is 0 Å². The highest BCUT2D eigenvalue weighted by Gasteiger charge is 2.49. The second kappa shape index (κ2) is 6.21. The molecule has 0 aromatic carbocycles. The minimum atomic E-state index is -0.756. The largest absolute Gasteiger partial charge is 0.481 e. The van der Waals surface area contributed by atoms with E-state index in [1.54, 1.807) is 0 Å². The summed E-state index contributed by atoms with van der Waals surface area (Å²) in [7, 11) is 0. The molecule has 2 aliphatic rings. The number of carboxylic acids is 1. The Morgan fingerprint density at radius 3 is 2.50 bits per heavy atom. The number of nitrogens with zero attached hydrogens (tertiary/aromatic N) is 1. The monoisotopic (exact) mass is 283 g/mol. The Kier molecular flexibility index (Phi) is 4.59. The van der Waals surface area contributed by atoms with Crippen molar-refractivity contribution in [1.82, 2.24) is 15.5 Å². The standard InChI is InChI=1S/C13H21N3O4/c1-8(17)14-4-5-15-12(18)7-16-9-2-3-11(16)10(6-9)13(19)20/h9-11H,2-7H2,1H3,(H,14,17)(H,15,18)(H,19,20). The zero-order valence-corrected chi connectivity index (χ0v) is 11.6. The lowest BCUT2D eigenvalue weighted by Gasteiger charge is -2.22. The number of nitrogens with one attached hydrogen (secondary N) is 2. The summed E-state index contributed by atoms with van der Waals surface area (Å²) in [6.45, 7) is 2.48. The number of fused-ring (bicyclic) bond motifs is 2. The second-order valence-corrected chi connectivity index (χ2v) is 5.48. The quantitative estimate of drug-likeness (QED) is 0.553. The first-order chi connectivity index (χ1) is 9.49. The van der Waals surface area contributed by atoms with Crippen LogP contribution in [0.3, 0.4) is 0 Å². The molecule has 2 aliphatic heterocycles. The van der Waals surface area contributed by atoms with Crippen molar-refractivity contribution in [2.75, 3.05) is 19.6 Å². The van der Waals surface area contributed by atoms with E-state index in [0.29, 0.717) is 19.5 Å². The van der Waals surface area contributed by atoms with E-state index in [1.165, 1.54) is 6.92 Å². The SMILES string of the molecule is CC(=O)NCCNC(=O)CN1C2CCC1C(C(=O)O)C2. The van der Waals surface area contributed by atoms with E-state index < -0.39 is 5.97 Å². The van der Waals surface area contributed by atoms with Gasteiger partial charge in [-0.2, -0.15) is 0 Å². The summed E-state index contributed by atoms with van der Waals surface area (Å²) >= 11 is 0. The van der Waals surface area contributed by atoms with Crippen LogP contribution in [0.5, 0.6) is 0 Å². The van der Waals surface area contributed by atoms with Crippen molar-refractivity contribution in [2.45, 2.75) is 38.3 Å². The summed E-state index contributed by atoms with van der Waals surface area (Å²) in [5.74, 6) is -1.33. The van der Waals surface area contributed by atoms with Crippen LogP contribution in [0.2, 0.25) is 0 Å². The predicted octanol–water partition coefficient (Wildman–Crippen LogP) is -0.824.